The van der Waals surface area contributed by atoms with Gasteiger partial charge in [0.05, 0.1) is 10.5 Å². The highest BCUT2D eigenvalue weighted by molar-refractivity contribution is 7.38. The molecule has 0 radical (unpaired) electrons. The van der Waals surface area contributed by atoms with Crippen LogP contribution in [0.4, 0.5) is 13.2 Å². The van der Waals surface area contributed by atoms with Crippen LogP contribution in [0.1, 0.15) is 42.0 Å². The van der Waals surface area contributed by atoms with Gasteiger partial charge >= 0.3 is 5.51 Å². The molecule has 1 unspecified atom stereocenters. The second-order valence-corrected chi connectivity index (χ2v) is 7.25. The molecule has 1 fully saturated rings. The molecule has 20 heavy (non-hydrogen) atoms. The first-order valence-corrected chi connectivity index (χ1v) is 7.83. The molecule has 2 aromatic rings. The third-order valence-corrected chi connectivity index (χ3v) is 6.20. The van der Waals surface area contributed by atoms with Crippen molar-refractivity contribution in [3.8, 4) is 0 Å². The Kier molecular flexibility index (Phi) is 4.35. The summed E-state index contributed by atoms with van der Waals surface area (Å²) >= 11 is 0. The van der Waals surface area contributed by atoms with E-state index in [0.29, 0.717) is 9.58 Å². The van der Waals surface area contributed by atoms with E-state index in [1.165, 1.54) is 0 Å². The van der Waals surface area contributed by atoms with Crippen molar-refractivity contribution in [1.29, 1.82) is 0 Å². The van der Waals surface area contributed by atoms with Crippen molar-refractivity contribution in [1.82, 2.24) is 0 Å². The maximum absolute atomic E-state index is 13.4. The zero-order chi connectivity index (χ0) is 13.6. The maximum Gasteiger partial charge on any atom is 0.600 e. The molecule has 0 saturated heterocycles. The van der Waals surface area contributed by atoms with Crippen molar-refractivity contribution in [3.63, 3.8) is 0 Å². The number of benzene rings is 1. The topological polar surface area (TPSA) is 0 Å². The van der Waals surface area contributed by atoms with Crippen LogP contribution in [-0.2, 0) is 5.51 Å². The Balaban J connectivity index is 0.00000147. The van der Waals surface area contributed by atoms with Crippen molar-refractivity contribution in [2.45, 2.75) is 44.0 Å². The molecule has 0 spiro atoms. The van der Waals surface area contributed by atoms with E-state index in [0.717, 1.165) is 36.6 Å². The van der Waals surface area contributed by atoms with E-state index in [2.05, 4.69) is 0 Å². The highest BCUT2D eigenvalue weighted by atomic mass is 35.5. The second kappa shape index (κ2) is 5.57. The molecular weight excluding hydrogens is 305 g/mol. The maximum atomic E-state index is 13.4. The smallest absolute Gasteiger partial charge is 0.147 e. The fourth-order valence-corrected chi connectivity index (χ4v) is 5.33. The fourth-order valence-electron chi connectivity index (χ4n) is 3.10. The zero-order valence-corrected chi connectivity index (χ0v) is 12.8. The molecule has 1 saturated carbocycles. The van der Waals surface area contributed by atoms with E-state index in [1.807, 2.05) is 19.1 Å². The number of thiophene rings is 1. The van der Waals surface area contributed by atoms with Crippen LogP contribution in [0.2, 0.25) is 0 Å². The van der Waals surface area contributed by atoms with E-state index in [9.17, 15) is 13.2 Å². The lowest BCUT2D eigenvalue weighted by molar-refractivity contribution is -0.0868. The van der Waals surface area contributed by atoms with Gasteiger partial charge in [-0.2, -0.15) is 0 Å². The standard InChI is InChI=1S/C15H16F3S.ClH/c1-10-5-4-8-13-12(10)9-14(11-6-2-3-7-11)19(13)15(16,17)18;/h4-5,8-9,11H,2-3,6-7H2,1H3;1H/q+1;. The highest BCUT2D eigenvalue weighted by Gasteiger charge is 2.49. The van der Waals surface area contributed by atoms with Gasteiger partial charge in [0.25, 0.3) is 0 Å². The number of aryl methyl sites for hydroxylation is 1. The van der Waals surface area contributed by atoms with Gasteiger partial charge in [0.15, 0.2) is 9.58 Å². The molecule has 0 bridgehead atoms. The predicted octanol–water partition coefficient (Wildman–Crippen LogP) is 6.45. The summed E-state index contributed by atoms with van der Waals surface area (Å²) in [5, 5.41) is 0.810. The monoisotopic (exact) mass is 321 g/mol. The van der Waals surface area contributed by atoms with Crippen LogP contribution in [0.5, 0.6) is 0 Å². The lowest BCUT2D eigenvalue weighted by Gasteiger charge is -2.05. The quantitative estimate of drug-likeness (QED) is 0.529. The van der Waals surface area contributed by atoms with E-state index >= 15 is 0 Å². The van der Waals surface area contributed by atoms with Crippen LogP contribution in [-0.4, -0.2) is 0 Å². The van der Waals surface area contributed by atoms with Crippen LogP contribution < -0.4 is 0 Å². The van der Waals surface area contributed by atoms with Crippen molar-refractivity contribution in [3.05, 3.63) is 34.7 Å². The first-order valence-electron chi connectivity index (χ1n) is 6.61. The van der Waals surface area contributed by atoms with Gasteiger partial charge in [-0.15, -0.1) is 25.6 Å². The van der Waals surface area contributed by atoms with Gasteiger partial charge in [0.2, 0.25) is 0 Å². The van der Waals surface area contributed by atoms with E-state index in [1.54, 1.807) is 12.1 Å². The molecule has 3 rings (SSSR count). The van der Waals surface area contributed by atoms with Crippen molar-refractivity contribution in [2.75, 3.05) is 0 Å². The summed E-state index contributed by atoms with van der Waals surface area (Å²) in [4.78, 5) is 0.634. The number of hydrogen-bond donors (Lipinski definition) is 0. The molecule has 0 nitrogen and oxygen atoms in total. The van der Waals surface area contributed by atoms with Crippen molar-refractivity contribution in [2.24, 2.45) is 0 Å². The van der Waals surface area contributed by atoms with Crippen molar-refractivity contribution >= 4 is 33.0 Å². The Morgan fingerprint density at radius 2 is 1.80 bits per heavy atom. The molecule has 1 heterocycles. The number of halogens is 4. The zero-order valence-electron chi connectivity index (χ0n) is 11.2. The summed E-state index contributed by atoms with van der Waals surface area (Å²) in [7, 11) is -1.70. The van der Waals surface area contributed by atoms with E-state index in [-0.39, 0.29) is 18.3 Å². The van der Waals surface area contributed by atoms with Crippen LogP contribution in [0.15, 0.2) is 24.3 Å². The van der Waals surface area contributed by atoms with Crippen LogP contribution in [0, 0.1) is 6.92 Å². The van der Waals surface area contributed by atoms with Gasteiger partial charge in [0.1, 0.15) is 0 Å². The average Bonchev–Trinajstić information content (AvgIpc) is 2.94. The highest BCUT2D eigenvalue weighted by Crippen LogP contribution is 2.55. The Hall–Kier alpha value is -0.740. The molecule has 0 aliphatic heterocycles. The van der Waals surface area contributed by atoms with Gasteiger partial charge in [-0.05, 0) is 31.4 Å². The third kappa shape index (κ3) is 2.56. The fraction of sp³-hybridized carbons (Fsp3) is 0.467. The predicted molar refractivity (Wildman–Crippen MR) is 80.9 cm³/mol. The Labute approximate surface area is 125 Å². The lowest BCUT2D eigenvalue weighted by Crippen LogP contribution is -2.00. The Morgan fingerprint density at radius 1 is 1.15 bits per heavy atom. The molecule has 0 amide bonds. The summed E-state index contributed by atoms with van der Waals surface area (Å²) in [5.74, 6) is 0.136. The van der Waals surface area contributed by atoms with Gasteiger partial charge in [-0.25, -0.2) is 0 Å². The lowest BCUT2D eigenvalue weighted by atomic mass is 10.0. The van der Waals surface area contributed by atoms with Crippen LogP contribution in [0.25, 0.3) is 10.1 Å². The van der Waals surface area contributed by atoms with E-state index in [4.69, 9.17) is 0 Å². The number of fused-ring (bicyclic) bond motifs is 1. The third-order valence-electron chi connectivity index (χ3n) is 4.02. The van der Waals surface area contributed by atoms with Crippen molar-refractivity contribution < 1.29 is 13.2 Å². The molecule has 1 aromatic carbocycles. The Bertz CT molecular complexity index is 609. The van der Waals surface area contributed by atoms with Gasteiger partial charge < -0.3 is 0 Å². The minimum atomic E-state index is -4.15. The SMILES string of the molecule is Cc1cccc2c1cc(C1CCCC1)[s+]2C(F)(F)F.Cl. The molecule has 110 valence electrons. The molecule has 5 heteroatoms. The molecule has 1 aromatic heterocycles. The summed E-state index contributed by atoms with van der Waals surface area (Å²) in [6.07, 6.45) is 3.95. The van der Waals surface area contributed by atoms with Gasteiger partial charge in [-0.3, -0.25) is 0 Å². The van der Waals surface area contributed by atoms with Crippen LogP contribution >= 0.6 is 22.9 Å². The summed E-state index contributed by atoms with van der Waals surface area (Å²) < 4.78 is 40.8. The molecule has 1 aliphatic rings. The number of rotatable bonds is 1. The van der Waals surface area contributed by atoms with Gasteiger partial charge in [-0.1, -0.05) is 25.0 Å². The largest absolute Gasteiger partial charge is 0.600 e. The number of hydrogen-bond acceptors (Lipinski definition) is 0. The van der Waals surface area contributed by atoms with E-state index < -0.39 is 16.0 Å². The minimum Gasteiger partial charge on any atom is -0.147 e. The molecule has 1 aliphatic carbocycles. The number of alkyl halides is 3. The summed E-state index contributed by atoms with van der Waals surface area (Å²) in [5.41, 5.74) is -3.19. The molecule has 1 atom stereocenters. The second-order valence-electron chi connectivity index (χ2n) is 5.27. The summed E-state index contributed by atoms with van der Waals surface area (Å²) in [6.45, 7) is 1.89. The minimum absolute atomic E-state index is 0. The summed E-state index contributed by atoms with van der Waals surface area (Å²) in [6, 6.07) is 7.12. The molecular formula is C15H17ClF3S+. The molecule has 0 N–H and O–H groups in total. The Morgan fingerprint density at radius 3 is 2.40 bits per heavy atom. The van der Waals surface area contributed by atoms with Gasteiger partial charge in [0, 0.05) is 17.4 Å². The average molecular weight is 322 g/mol. The first-order chi connectivity index (χ1) is 8.98. The van der Waals surface area contributed by atoms with Crippen LogP contribution in [0.3, 0.4) is 0 Å². The first kappa shape index (κ1) is 15.6. The normalized spacial score (nSPS) is 17.5.